The van der Waals surface area contributed by atoms with Gasteiger partial charge in [0.2, 0.25) is 0 Å². The molecule has 182 valence electrons. The van der Waals surface area contributed by atoms with E-state index in [1.54, 1.807) is 22.8 Å². The number of unbranched alkanes of at least 4 members (excludes halogenated alkanes) is 1. The van der Waals surface area contributed by atoms with Crippen molar-refractivity contribution in [3.05, 3.63) is 39.8 Å². The number of rotatable bonds is 9. The number of ether oxygens (including phenoxy) is 1. The molecule has 0 aliphatic heterocycles. The molecule has 9 nitrogen and oxygen atoms in total. The zero-order valence-electron chi connectivity index (χ0n) is 20.3. The Morgan fingerprint density at radius 1 is 1.27 bits per heavy atom. The molecule has 0 radical (unpaired) electrons. The molecule has 0 fully saturated rings. The van der Waals surface area contributed by atoms with Gasteiger partial charge in [-0.1, -0.05) is 59.2 Å². The van der Waals surface area contributed by atoms with E-state index in [1.165, 1.54) is 0 Å². The van der Waals surface area contributed by atoms with Crippen LogP contribution >= 0.6 is 0 Å². The van der Waals surface area contributed by atoms with Crippen molar-refractivity contribution in [2.24, 2.45) is 22.2 Å². The Morgan fingerprint density at radius 2 is 1.94 bits per heavy atom. The lowest BCUT2D eigenvalue weighted by molar-refractivity contribution is 0.170. The molecule has 0 bridgehead atoms. The van der Waals surface area contributed by atoms with E-state index in [9.17, 15) is 14.7 Å². The Balaban J connectivity index is 3.04. The zero-order chi connectivity index (χ0) is 24.9. The van der Waals surface area contributed by atoms with Gasteiger partial charge in [0.1, 0.15) is 5.75 Å². The van der Waals surface area contributed by atoms with Crippen LogP contribution in [-0.4, -0.2) is 33.4 Å². The zero-order valence-corrected chi connectivity index (χ0v) is 20.3. The van der Waals surface area contributed by atoms with Crippen molar-refractivity contribution < 1.29 is 19.8 Å². The van der Waals surface area contributed by atoms with Gasteiger partial charge in [0.25, 0.3) is 5.56 Å². The maximum atomic E-state index is 13.7. The summed E-state index contributed by atoms with van der Waals surface area (Å²) in [4.78, 5) is 25.4. The SMILES string of the molecule is CCCCOc1c(C(NC(=O)O)C(C)(C)C)n(CC(C)C)c(=O)c2ccc(/C(N)=N\O)cc12. The number of benzene rings is 1. The monoisotopic (exact) mass is 460 g/mol. The summed E-state index contributed by atoms with van der Waals surface area (Å²) in [5.74, 6) is 0.463. The molecule has 1 heterocycles. The minimum absolute atomic E-state index is 0.0969. The van der Waals surface area contributed by atoms with Crippen LogP contribution in [0, 0.1) is 11.3 Å². The lowest BCUT2D eigenvalue weighted by Crippen LogP contribution is -2.40. The third kappa shape index (κ3) is 5.97. The van der Waals surface area contributed by atoms with Crippen LogP contribution in [0.15, 0.2) is 28.1 Å². The number of pyridine rings is 1. The molecule has 2 rings (SSSR count). The molecule has 5 N–H and O–H groups in total. The third-order valence-corrected chi connectivity index (χ3v) is 5.37. The fourth-order valence-electron chi connectivity index (χ4n) is 3.77. The average Bonchev–Trinajstić information content (AvgIpc) is 2.73. The molecule has 33 heavy (non-hydrogen) atoms. The van der Waals surface area contributed by atoms with Crippen LogP contribution in [0.1, 0.15) is 71.7 Å². The van der Waals surface area contributed by atoms with Crippen molar-refractivity contribution in [1.29, 1.82) is 0 Å². The standard InChI is InChI=1S/C24H36N4O5/c1-7-8-11-33-19-17-12-15(21(25)27-32)9-10-16(17)22(29)28(13-14(2)3)18(19)20(24(4,5)6)26-23(30)31/h9-10,12,14,20,26,32H,7-8,11,13H2,1-6H3,(H2,25,27)(H,30,31). The summed E-state index contributed by atoms with van der Waals surface area (Å²) in [6, 6.07) is 4.17. The Kier molecular flexibility index (Phi) is 8.35. The number of fused-ring (bicyclic) bond motifs is 1. The highest BCUT2D eigenvalue weighted by Crippen LogP contribution is 2.40. The lowest BCUT2D eigenvalue weighted by atomic mass is 9.83. The highest BCUT2D eigenvalue weighted by Gasteiger charge is 2.35. The molecule has 0 saturated heterocycles. The number of amides is 1. The normalized spacial score (nSPS) is 13.4. The van der Waals surface area contributed by atoms with E-state index >= 15 is 0 Å². The van der Waals surface area contributed by atoms with E-state index in [4.69, 9.17) is 15.7 Å². The summed E-state index contributed by atoms with van der Waals surface area (Å²) in [6.45, 7) is 12.6. The van der Waals surface area contributed by atoms with E-state index in [0.29, 0.717) is 40.9 Å². The number of hydrogen-bond acceptors (Lipinski definition) is 5. The topological polar surface area (TPSA) is 139 Å². The molecule has 0 saturated carbocycles. The summed E-state index contributed by atoms with van der Waals surface area (Å²) in [7, 11) is 0. The predicted molar refractivity (Wildman–Crippen MR) is 129 cm³/mol. The number of aromatic nitrogens is 1. The van der Waals surface area contributed by atoms with Crippen LogP contribution in [0.5, 0.6) is 5.75 Å². The summed E-state index contributed by atoms with van der Waals surface area (Å²) < 4.78 is 7.89. The van der Waals surface area contributed by atoms with Crippen molar-refractivity contribution in [3.8, 4) is 5.75 Å². The van der Waals surface area contributed by atoms with E-state index < -0.39 is 17.6 Å². The summed E-state index contributed by atoms with van der Waals surface area (Å²) >= 11 is 0. The molecule has 2 aromatic rings. The molecule has 1 unspecified atom stereocenters. The van der Waals surface area contributed by atoms with Crippen molar-refractivity contribution in [3.63, 3.8) is 0 Å². The number of carbonyl (C=O) groups is 1. The average molecular weight is 461 g/mol. The first kappa shape index (κ1) is 26.0. The lowest BCUT2D eigenvalue weighted by Gasteiger charge is -2.34. The van der Waals surface area contributed by atoms with Gasteiger partial charge in [-0.2, -0.15) is 0 Å². The molecule has 0 aliphatic rings. The predicted octanol–water partition coefficient (Wildman–Crippen LogP) is 4.29. The van der Waals surface area contributed by atoms with Crippen LogP contribution in [0.3, 0.4) is 0 Å². The first-order valence-corrected chi connectivity index (χ1v) is 11.2. The second kappa shape index (κ2) is 10.6. The van der Waals surface area contributed by atoms with Crippen LogP contribution < -0.4 is 21.3 Å². The molecular formula is C24H36N4O5. The number of nitrogens with zero attached hydrogens (tertiary/aromatic N) is 2. The van der Waals surface area contributed by atoms with Gasteiger partial charge in [-0.25, -0.2) is 4.79 Å². The fourth-order valence-corrected chi connectivity index (χ4v) is 3.77. The molecule has 0 aliphatic carbocycles. The highest BCUT2D eigenvalue weighted by molar-refractivity contribution is 6.02. The van der Waals surface area contributed by atoms with Crippen molar-refractivity contribution in [2.45, 2.75) is 67.0 Å². The largest absolute Gasteiger partial charge is 0.491 e. The summed E-state index contributed by atoms with van der Waals surface area (Å²) in [6.07, 6.45) is 0.504. The molecule has 1 atom stereocenters. The van der Waals surface area contributed by atoms with Gasteiger partial charge in [0.15, 0.2) is 5.84 Å². The number of carboxylic acid groups (broad SMARTS) is 1. The van der Waals surface area contributed by atoms with Crippen LogP contribution in [-0.2, 0) is 6.54 Å². The van der Waals surface area contributed by atoms with E-state index in [2.05, 4.69) is 10.5 Å². The fraction of sp³-hybridized carbons (Fsp3) is 0.542. The Bertz CT molecular complexity index is 1080. The number of amidine groups is 1. The molecule has 1 amide bonds. The van der Waals surface area contributed by atoms with Crippen molar-refractivity contribution in [2.75, 3.05) is 6.61 Å². The first-order valence-electron chi connectivity index (χ1n) is 11.2. The van der Waals surface area contributed by atoms with Crippen LogP contribution in [0.4, 0.5) is 4.79 Å². The van der Waals surface area contributed by atoms with Gasteiger partial charge in [0, 0.05) is 17.5 Å². The Morgan fingerprint density at radius 3 is 2.45 bits per heavy atom. The molecule has 9 heteroatoms. The van der Waals surface area contributed by atoms with E-state index in [1.807, 2.05) is 41.5 Å². The molecule has 1 aromatic heterocycles. The minimum atomic E-state index is -1.19. The van der Waals surface area contributed by atoms with Gasteiger partial charge in [0.05, 0.1) is 23.7 Å². The number of hydrogen-bond donors (Lipinski definition) is 4. The maximum Gasteiger partial charge on any atom is 0.405 e. The summed E-state index contributed by atoms with van der Waals surface area (Å²) in [5.41, 5.74) is 5.90. The number of nitrogens with two attached hydrogens (primary N) is 1. The Labute approximate surface area is 194 Å². The van der Waals surface area contributed by atoms with Crippen LogP contribution in [0.2, 0.25) is 0 Å². The Hall–Kier alpha value is -3.23. The van der Waals surface area contributed by atoms with E-state index in [-0.39, 0.29) is 17.3 Å². The number of nitrogens with one attached hydrogen (secondary N) is 1. The second-order valence-corrected chi connectivity index (χ2v) is 9.72. The smallest absolute Gasteiger partial charge is 0.405 e. The summed E-state index contributed by atoms with van der Waals surface area (Å²) in [5, 5.41) is 25.4. The van der Waals surface area contributed by atoms with E-state index in [0.717, 1.165) is 12.8 Å². The first-order chi connectivity index (χ1) is 15.4. The van der Waals surface area contributed by atoms with Gasteiger partial charge >= 0.3 is 6.09 Å². The molecule has 0 spiro atoms. The highest BCUT2D eigenvalue weighted by atomic mass is 16.5. The van der Waals surface area contributed by atoms with Crippen molar-refractivity contribution >= 4 is 22.7 Å². The van der Waals surface area contributed by atoms with Gasteiger partial charge < -0.3 is 30.7 Å². The van der Waals surface area contributed by atoms with Gasteiger partial charge in [-0.3, -0.25) is 4.79 Å². The molecule has 1 aromatic carbocycles. The van der Waals surface area contributed by atoms with Crippen molar-refractivity contribution in [1.82, 2.24) is 9.88 Å². The quantitative estimate of drug-likeness (QED) is 0.145. The van der Waals surface area contributed by atoms with Gasteiger partial charge in [-0.15, -0.1) is 0 Å². The number of oxime groups is 1. The van der Waals surface area contributed by atoms with Crippen LogP contribution in [0.25, 0.3) is 10.8 Å². The maximum absolute atomic E-state index is 13.7. The second-order valence-electron chi connectivity index (χ2n) is 9.72. The third-order valence-electron chi connectivity index (χ3n) is 5.37. The minimum Gasteiger partial charge on any atom is -0.491 e. The molecular weight excluding hydrogens is 424 g/mol. The van der Waals surface area contributed by atoms with Gasteiger partial charge in [-0.05, 0) is 29.9 Å².